The van der Waals surface area contributed by atoms with Crippen molar-refractivity contribution in [2.75, 3.05) is 0 Å². The van der Waals surface area contributed by atoms with Gasteiger partial charge in [-0.25, -0.2) is 0 Å². The van der Waals surface area contributed by atoms with Gasteiger partial charge in [0.2, 0.25) is 11.9 Å². The zero-order valence-electron chi connectivity index (χ0n) is 11.6. The molecule has 0 amide bonds. The summed E-state index contributed by atoms with van der Waals surface area (Å²) in [6.45, 7) is 10.8. The second-order valence-electron chi connectivity index (χ2n) is 4.99. The lowest BCUT2D eigenvalue weighted by Crippen LogP contribution is -2.40. The van der Waals surface area contributed by atoms with Crippen LogP contribution in [0.1, 0.15) is 27.9 Å². The molecule has 0 radical (unpaired) electrons. The van der Waals surface area contributed by atoms with Crippen LogP contribution < -0.4 is 4.68 Å². The monoisotopic (exact) mass is 229 g/mol. The molecule has 0 bridgehead atoms. The van der Waals surface area contributed by atoms with E-state index >= 15 is 0 Å². The Morgan fingerprint density at radius 2 is 1.59 bits per heavy atom. The molecule has 0 unspecified atom stereocenters. The molecule has 2 rings (SSSR count). The van der Waals surface area contributed by atoms with Crippen LogP contribution in [0.15, 0.2) is 18.3 Å². The zero-order chi connectivity index (χ0) is 12.7. The highest BCUT2D eigenvalue weighted by Crippen LogP contribution is 2.16. The van der Waals surface area contributed by atoms with Gasteiger partial charge < -0.3 is 0 Å². The maximum atomic E-state index is 2.25. The van der Waals surface area contributed by atoms with Gasteiger partial charge in [-0.15, -0.1) is 0 Å². The fourth-order valence-electron chi connectivity index (χ4n) is 2.27. The highest BCUT2D eigenvalue weighted by molar-refractivity contribution is 5.42. The second kappa shape index (κ2) is 4.02. The number of nitrogens with zero attached hydrogens (tertiary/aromatic N) is 2. The summed E-state index contributed by atoms with van der Waals surface area (Å²) in [5.41, 5.74) is 7.92. The minimum Gasteiger partial charge on any atom is -0.155 e. The first-order chi connectivity index (χ1) is 7.91. The maximum Gasteiger partial charge on any atom is 0.239 e. The van der Waals surface area contributed by atoms with Crippen LogP contribution in [0.5, 0.6) is 0 Å². The van der Waals surface area contributed by atoms with E-state index in [2.05, 4.69) is 69.4 Å². The quantitative estimate of drug-likeness (QED) is 0.665. The molecule has 90 valence electrons. The molecule has 0 fully saturated rings. The Kier molecular flexibility index (Phi) is 2.82. The SMILES string of the molecule is Cc1cc(C)c(C)c(-[n+]2cc(C)c(C)n2C)c1. The first-order valence-corrected chi connectivity index (χ1v) is 6.05. The summed E-state index contributed by atoms with van der Waals surface area (Å²) in [4.78, 5) is 0. The molecule has 1 heterocycles. The van der Waals surface area contributed by atoms with Gasteiger partial charge in [0.1, 0.15) is 0 Å². The molecule has 17 heavy (non-hydrogen) atoms. The van der Waals surface area contributed by atoms with Crippen molar-refractivity contribution in [1.82, 2.24) is 4.68 Å². The fourth-order valence-corrected chi connectivity index (χ4v) is 2.27. The molecule has 0 aliphatic rings. The van der Waals surface area contributed by atoms with E-state index in [-0.39, 0.29) is 0 Å². The van der Waals surface area contributed by atoms with Crippen molar-refractivity contribution >= 4 is 0 Å². The summed E-state index contributed by atoms with van der Waals surface area (Å²) >= 11 is 0. The lowest BCUT2D eigenvalue weighted by Gasteiger charge is -2.05. The molecule has 2 heteroatoms. The average molecular weight is 229 g/mol. The van der Waals surface area contributed by atoms with E-state index in [1.807, 2.05) is 0 Å². The molecule has 0 saturated carbocycles. The van der Waals surface area contributed by atoms with Gasteiger partial charge >= 0.3 is 0 Å². The van der Waals surface area contributed by atoms with Crippen LogP contribution >= 0.6 is 0 Å². The van der Waals surface area contributed by atoms with Crippen molar-refractivity contribution in [3.05, 3.63) is 46.3 Å². The molecule has 2 aromatic rings. The predicted octanol–water partition coefficient (Wildman–Crippen LogP) is 2.84. The molecule has 1 aromatic carbocycles. The Morgan fingerprint density at radius 3 is 2.12 bits per heavy atom. The van der Waals surface area contributed by atoms with Crippen LogP contribution in [-0.2, 0) is 7.05 Å². The first kappa shape index (κ1) is 11.9. The van der Waals surface area contributed by atoms with Crippen molar-refractivity contribution in [3.63, 3.8) is 0 Å². The lowest BCUT2D eigenvalue weighted by atomic mass is 10.0. The Morgan fingerprint density at radius 1 is 0.941 bits per heavy atom. The van der Waals surface area contributed by atoms with Gasteiger partial charge in [-0.3, -0.25) is 0 Å². The molecule has 1 aromatic heterocycles. The van der Waals surface area contributed by atoms with Crippen LogP contribution in [0.2, 0.25) is 0 Å². The summed E-state index contributed by atoms with van der Waals surface area (Å²) in [6, 6.07) is 4.49. The summed E-state index contributed by atoms with van der Waals surface area (Å²) in [7, 11) is 2.11. The number of rotatable bonds is 1. The van der Waals surface area contributed by atoms with Gasteiger partial charge in [-0.05, 0) is 45.7 Å². The number of hydrogen-bond acceptors (Lipinski definition) is 0. The molecule has 2 nitrogen and oxygen atoms in total. The Labute approximate surface area is 103 Å². The van der Waals surface area contributed by atoms with E-state index in [1.165, 1.54) is 33.6 Å². The van der Waals surface area contributed by atoms with Gasteiger partial charge in [0.05, 0.1) is 12.7 Å². The summed E-state index contributed by atoms with van der Waals surface area (Å²) in [6.07, 6.45) is 2.20. The third-order valence-corrected chi connectivity index (χ3v) is 3.73. The molecular weight excluding hydrogens is 208 g/mol. The molecule has 0 aliphatic carbocycles. The topological polar surface area (TPSA) is 8.81 Å². The van der Waals surface area contributed by atoms with Crippen LogP contribution in [0, 0.1) is 34.6 Å². The largest absolute Gasteiger partial charge is 0.239 e. The van der Waals surface area contributed by atoms with E-state index in [0.29, 0.717) is 0 Å². The van der Waals surface area contributed by atoms with Crippen molar-refractivity contribution in [2.45, 2.75) is 34.6 Å². The van der Waals surface area contributed by atoms with Crippen molar-refractivity contribution < 1.29 is 4.68 Å². The van der Waals surface area contributed by atoms with Gasteiger partial charge in [-0.1, -0.05) is 10.7 Å². The fraction of sp³-hybridized carbons (Fsp3) is 0.400. The van der Waals surface area contributed by atoms with Crippen LogP contribution in [-0.4, -0.2) is 4.68 Å². The summed E-state index contributed by atoms with van der Waals surface area (Å²) < 4.78 is 4.44. The van der Waals surface area contributed by atoms with Crippen LogP contribution in [0.4, 0.5) is 0 Å². The number of aromatic nitrogens is 2. The third kappa shape index (κ3) is 1.88. The standard InChI is InChI=1S/C15H21N2/c1-10-7-11(2)13(4)15(8-10)17-9-12(3)14(5)16(17)6/h7-9H,1-6H3/q+1. The van der Waals surface area contributed by atoms with E-state index in [1.54, 1.807) is 0 Å². The maximum absolute atomic E-state index is 2.25. The number of benzene rings is 1. The normalized spacial score (nSPS) is 10.9. The van der Waals surface area contributed by atoms with Gasteiger partial charge in [0, 0.05) is 17.2 Å². The summed E-state index contributed by atoms with van der Waals surface area (Å²) in [5.74, 6) is 0. The minimum atomic E-state index is 1.28. The molecule has 0 aliphatic heterocycles. The van der Waals surface area contributed by atoms with E-state index in [9.17, 15) is 0 Å². The molecular formula is C15H21N2+. The van der Waals surface area contributed by atoms with Gasteiger partial charge in [0.25, 0.3) is 0 Å². The summed E-state index contributed by atoms with van der Waals surface area (Å²) in [5, 5.41) is 0. The van der Waals surface area contributed by atoms with E-state index < -0.39 is 0 Å². The molecule has 0 saturated heterocycles. The average Bonchev–Trinajstić information content (AvgIpc) is 2.51. The predicted molar refractivity (Wildman–Crippen MR) is 70.6 cm³/mol. The Balaban J connectivity index is 2.72. The Hall–Kier alpha value is -1.57. The van der Waals surface area contributed by atoms with Crippen LogP contribution in [0.3, 0.4) is 0 Å². The van der Waals surface area contributed by atoms with Crippen molar-refractivity contribution in [2.24, 2.45) is 7.05 Å². The highest BCUT2D eigenvalue weighted by atomic mass is 15.4. The first-order valence-electron chi connectivity index (χ1n) is 6.05. The Bertz CT molecular complexity index is 577. The second-order valence-corrected chi connectivity index (χ2v) is 4.99. The number of hydrogen-bond donors (Lipinski definition) is 0. The highest BCUT2D eigenvalue weighted by Gasteiger charge is 2.19. The van der Waals surface area contributed by atoms with Crippen molar-refractivity contribution in [1.29, 1.82) is 0 Å². The van der Waals surface area contributed by atoms with E-state index in [4.69, 9.17) is 0 Å². The van der Waals surface area contributed by atoms with Gasteiger partial charge in [0.15, 0.2) is 0 Å². The molecule has 0 N–H and O–H groups in total. The minimum absolute atomic E-state index is 1.28. The molecule has 0 spiro atoms. The van der Waals surface area contributed by atoms with Crippen LogP contribution in [0.25, 0.3) is 5.69 Å². The number of aryl methyl sites for hydroxylation is 3. The smallest absolute Gasteiger partial charge is 0.155 e. The van der Waals surface area contributed by atoms with E-state index in [0.717, 1.165) is 0 Å². The van der Waals surface area contributed by atoms with Gasteiger partial charge in [-0.2, -0.15) is 4.68 Å². The molecule has 0 atom stereocenters. The lowest BCUT2D eigenvalue weighted by molar-refractivity contribution is -0.683. The third-order valence-electron chi connectivity index (χ3n) is 3.73. The zero-order valence-corrected chi connectivity index (χ0v) is 11.6. The van der Waals surface area contributed by atoms with Crippen molar-refractivity contribution in [3.8, 4) is 5.69 Å².